The summed E-state index contributed by atoms with van der Waals surface area (Å²) in [5.41, 5.74) is -0.342. The van der Waals surface area contributed by atoms with Crippen molar-refractivity contribution in [2.24, 2.45) is 0 Å². The van der Waals surface area contributed by atoms with Gasteiger partial charge in [-0.25, -0.2) is 9.59 Å². The molecule has 0 atom stereocenters. The molecule has 0 fully saturated rings. The number of aryl methyl sites for hydroxylation is 1. The second-order valence-corrected chi connectivity index (χ2v) is 4.68. The van der Waals surface area contributed by atoms with E-state index < -0.39 is 17.2 Å². The lowest BCUT2D eigenvalue weighted by Crippen LogP contribution is -2.39. The summed E-state index contributed by atoms with van der Waals surface area (Å²) in [7, 11) is 0. The molecule has 0 bridgehead atoms. The second-order valence-electron chi connectivity index (χ2n) is 4.68. The Labute approximate surface area is 120 Å². The van der Waals surface area contributed by atoms with E-state index in [0.29, 0.717) is 12.1 Å². The van der Waals surface area contributed by atoms with Gasteiger partial charge in [0.15, 0.2) is 0 Å². The number of benzene rings is 1. The largest absolute Gasteiger partial charge is 0.478 e. The minimum absolute atomic E-state index is 0.0509. The molecule has 1 aromatic carbocycles. The molecular weight excluding hydrogens is 272 g/mol. The number of hydrogen-bond donors (Lipinski definition) is 1. The number of carboxylic acids is 1. The van der Waals surface area contributed by atoms with Crippen LogP contribution in [-0.4, -0.2) is 20.2 Å². The molecule has 0 aliphatic rings. The minimum Gasteiger partial charge on any atom is -0.478 e. The standard InChI is InChI=1S/C15H16N2O4/c1-2-8-16-9-7-13(18)17(15(16)21)10-11-5-3-4-6-12(11)14(19)20/h3-7,9H,2,8,10H2,1H3,(H,19,20). The molecule has 0 radical (unpaired) electrons. The summed E-state index contributed by atoms with van der Waals surface area (Å²) in [4.78, 5) is 35.3. The van der Waals surface area contributed by atoms with Crippen LogP contribution in [0.3, 0.4) is 0 Å². The Morgan fingerprint density at radius 2 is 1.90 bits per heavy atom. The Bertz CT molecular complexity index is 774. The maximum Gasteiger partial charge on any atom is 0.336 e. The van der Waals surface area contributed by atoms with Crippen LogP contribution >= 0.6 is 0 Å². The van der Waals surface area contributed by atoms with Crippen LogP contribution in [0.1, 0.15) is 29.3 Å². The number of aromatic nitrogens is 2. The minimum atomic E-state index is -1.08. The molecule has 6 nitrogen and oxygen atoms in total. The highest BCUT2D eigenvalue weighted by atomic mass is 16.4. The van der Waals surface area contributed by atoms with Gasteiger partial charge in [0.05, 0.1) is 12.1 Å². The molecular formula is C15H16N2O4. The third-order valence-electron chi connectivity index (χ3n) is 3.18. The van der Waals surface area contributed by atoms with E-state index in [-0.39, 0.29) is 12.1 Å². The topological polar surface area (TPSA) is 81.3 Å². The Hall–Kier alpha value is -2.63. The average Bonchev–Trinajstić information content (AvgIpc) is 2.47. The quantitative estimate of drug-likeness (QED) is 0.895. The van der Waals surface area contributed by atoms with Crippen LogP contribution in [0.4, 0.5) is 0 Å². The molecule has 0 saturated carbocycles. The number of aromatic carboxylic acids is 1. The number of carboxylic acid groups (broad SMARTS) is 1. The van der Waals surface area contributed by atoms with Crippen molar-refractivity contribution in [3.63, 3.8) is 0 Å². The zero-order valence-electron chi connectivity index (χ0n) is 11.7. The van der Waals surface area contributed by atoms with Gasteiger partial charge in [-0.2, -0.15) is 0 Å². The zero-order valence-corrected chi connectivity index (χ0v) is 11.7. The van der Waals surface area contributed by atoms with Gasteiger partial charge in [-0.05, 0) is 18.1 Å². The third kappa shape index (κ3) is 3.10. The highest BCUT2D eigenvalue weighted by Gasteiger charge is 2.12. The molecule has 0 amide bonds. The van der Waals surface area contributed by atoms with Crippen molar-refractivity contribution in [3.8, 4) is 0 Å². The van der Waals surface area contributed by atoms with Crippen LogP contribution < -0.4 is 11.2 Å². The predicted octanol–water partition coefficient (Wildman–Crippen LogP) is 1.17. The predicted molar refractivity (Wildman–Crippen MR) is 77.8 cm³/mol. The molecule has 110 valence electrons. The van der Waals surface area contributed by atoms with Crippen LogP contribution in [-0.2, 0) is 13.1 Å². The van der Waals surface area contributed by atoms with Crippen LogP contribution in [0.5, 0.6) is 0 Å². The van der Waals surface area contributed by atoms with E-state index in [1.165, 1.54) is 22.9 Å². The summed E-state index contributed by atoms with van der Waals surface area (Å²) in [6.07, 6.45) is 2.23. The summed E-state index contributed by atoms with van der Waals surface area (Å²) >= 11 is 0. The molecule has 0 spiro atoms. The van der Waals surface area contributed by atoms with E-state index in [1.807, 2.05) is 6.92 Å². The van der Waals surface area contributed by atoms with Gasteiger partial charge in [0.25, 0.3) is 5.56 Å². The summed E-state index contributed by atoms with van der Waals surface area (Å²) in [5, 5.41) is 9.15. The van der Waals surface area contributed by atoms with Crippen molar-refractivity contribution in [2.75, 3.05) is 0 Å². The van der Waals surface area contributed by atoms with E-state index in [4.69, 9.17) is 5.11 Å². The Morgan fingerprint density at radius 1 is 1.19 bits per heavy atom. The Balaban J connectivity index is 2.50. The molecule has 0 unspecified atom stereocenters. The summed E-state index contributed by atoms with van der Waals surface area (Å²) in [6, 6.07) is 7.67. The van der Waals surface area contributed by atoms with Crippen molar-refractivity contribution in [1.29, 1.82) is 0 Å². The lowest BCUT2D eigenvalue weighted by molar-refractivity contribution is 0.0695. The highest BCUT2D eigenvalue weighted by Crippen LogP contribution is 2.09. The van der Waals surface area contributed by atoms with Crippen molar-refractivity contribution in [3.05, 3.63) is 68.5 Å². The maximum absolute atomic E-state index is 12.2. The highest BCUT2D eigenvalue weighted by molar-refractivity contribution is 5.89. The fourth-order valence-corrected chi connectivity index (χ4v) is 2.15. The van der Waals surface area contributed by atoms with Crippen molar-refractivity contribution >= 4 is 5.97 Å². The number of hydrogen-bond acceptors (Lipinski definition) is 3. The summed E-state index contributed by atoms with van der Waals surface area (Å²) in [5.74, 6) is -1.08. The van der Waals surface area contributed by atoms with E-state index in [2.05, 4.69) is 0 Å². The van der Waals surface area contributed by atoms with Crippen LogP contribution in [0.2, 0.25) is 0 Å². The molecule has 0 aliphatic heterocycles. The van der Waals surface area contributed by atoms with Gasteiger partial charge >= 0.3 is 11.7 Å². The molecule has 1 N–H and O–H groups in total. The summed E-state index contributed by atoms with van der Waals surface area (Å²) in [6.45, 7) is 2.39. The van der Waals surface area contributed by atoms with Crippen molar-refractivity contribution in [2.45, 2.75) is 26.4 Å². The van der Waals surface area contributed by atoms with E-state index in [1.54, 1.807) is 18.2 Å². The van der Waals surface area contributed by atoms with Crippen molar-refractivity contribution in [1.82, 2.24) is 9.13 Å². The van der Waals surface area contributed by atoms with Crippen LogP contribution in [0.15, 0.2) is 46.1 Å². The van der Waals surface area contributed by atoms with Gasteiger partial charge in [0.1, 0.15) is 0 Å². The van der Waals surface area contributed by atoms with Gasteiger partial charge in [-0.3, -0.25) is 9.36 Å². The maximum atomic E-state index is 12.2. The number of rotatable bonds is 5. The second kappa shape index (κ2) is 6.21. The SMILES string of the molecule is CCCn1ccc(=O)n(Cc2ccccc2C(=O)O)c1=O. The molecule has 1 aromatic heterocycles. The first-order valence-electron chi connectivity index (χ1n) is 6.66. The first-order valence-corrected chi connectivity index (χ1v) is 6.66. The lowest BCUT2D eigenvalue weighted by atomic mass is 10.1. The molecule has 2 aromatic rings. The monoisotopic (exact) mass is 288 g/mol. The zero-order chi connectivity index (χ0) is 15.4. The normalized spacial score (nSPS) is 10.5. The van der Waals surface area contributed by atoms with Crippen LogP contribution in [0, 0.1) is 0 Å². The first-order chi connectivity index (χ1) is 10.0. The molecule has 0 saturated heterocycles. The van der Waals surface area contributed by atoms with Gasteiger partial charge in [0.2, 0.25) is 0 Å². The molecule has 0 aliphatic carbocycles. The first kappa shape index (κ1) is 14.8. The third-order valence-corrected chi connectivity index (χ3v) is 3.18. The number of nitrogens with zero attached hydrogens (tertiary/aromatic N) is 2. The van der Waals surface area contributed by atoms with Crippen LogP contribution in [0.25, 0.3) is 0 Å². The number of carbonyl (C=O) groups is 1. The van der Waals surface area contributed by atoms with E-state index >= 15 is 0 Å². The molecule has 2 rings (SSSR count). The fourth-order valence-electron chi connectivity index (χ4n) is 2.15. The van der Waals surface area contributed by atoms with Gasteiger partial charge in [-0.1, -0.05) is 25.1 Å². The lowest BCUT2D eigenvalue weighted by Gasteiger charge is -2.10. The van der Waals surface area contributed by atoms with Crippen molar-refractivity contribution < 1.29 is 9.90 Å². The Morgan fingerprint density at radius 3 is 2.57 bits per heavy atom. The molecule has 21 heavy (non-hydrogen) atoms. The smallest absolute Gasteiger partial charge is 0.336 e. The van der Waals surface area contributed by atoms with Gasteiger partial charge < -0.3 is 9.67 Å². The van der Waals surface area contributed by atoms with Gasteiger partial charge in [0, 0.05) is 18.8 Å². The van der Waals surface area contributed by atoms with Gasteiger partial charge in [-0.15, -0.1) is 0 Å². The Kier molecular flexibility index (Phi) is 4.37. The fraction of sp³-hybridized carbons (Fsp3) is 0.267. The molecule has 6 heteroatoms. The van der Waals surface area contributed by atoms with E-state index in [0.717, 1.165) is 11.0 Å². The average molecular weight is 288 g/mol. The molecule has 1 heterocycles. The van der Waals surface area contributed by atoms with E-state index in [9.17, 15) is 14.4 Å². The summed E-state index contributed by atoms with van der Waals surface area (Å²) < 4.78 is 2.50.